The Bertz CT molecular complexity index is 1280. The Morgan fingerprint density at radius 3 is 2.43 bits per heavy atom. The predicted molar refractivity (Wildman–Crippen MR) is 137 cm³/mol. The van der Waals surface area contributed by atoms with Gasteiger partial charge >= 0.3 is 7.82 Å². The highest BCUT2D eigenvalue weighted by molar-refractivity contribution is 7.46. The van der Waals surface area contributed by atoms with Gasteiger partial charge in [-0.2, -0.15) is 0 Å². The monoisotopic (exact) mass is 543 g/mol. The second kappa shape index (κ2) is 12.2. The van der Waals surface area contributed by atoms with Gasteiger partial charge in [0.25, 0.3) is 9.04 Å². The van der Waals surface area contributed by atoms with Crippen molar-refractivity contribution in [3.05, 3.63) is 66.5 Å². The fraction of sp³-hybridized carbons (Fsp3) is 0.320. The zero-order chi connectivity index (χ0) is 26.4. The maximum Gasteiger partial charge on any atom is 0.469 e. The highest BCUT2D eigenvalue weighted by atomic mass is 31.2. The van der Waals surface area contributed by atoms with Crippen molar-refractivity contribution in [1.29, 1.82) is 0 Å². The summed E-state index contributed by atoms with van der Waals surface area (Å²) in [6.45, 7) is 2.13. The summed E-state index contributed by atoms with van der Waals surface area (Å²) in [7, 11) is -6.46. The van der Waals surface area contributed by atoms with E-state index in [4.69, 9.17) is 19.3 Å². The summed E-state index contributed by atoms with van der Waals surface area (Å²) in [6, 6.07) is 14.8. The topological polar surface area (TPSA) is 144 Å². The van der Waals surface area contributed by atoms with Gasteiger partial charge in [-0.1, -0.05) is 36.1 Å². The Morgan fingerprint density at radius 1 is 1.16 bits per heavy atom. The van der Waals surface area contributed by atoms with E-state index in [9.17, 15) is 14.5 Å². The van der Waals surface area contributed by atoms with E-state index in [1.807, 2.05) is 48.5 Å². The number of aromatic nitrogens is 2. The highest BCUT2D eigenvalue weighted by Crippen LogP contribution is 2.36. The summed E-state index contributed by atoms with van der Waals surface area (Å²) in [5.41, 5.74) is 3.24. The van der Waals surface area contributed by atoms with E-state index in [-0.39, 0.29) is 25.7 Å². The molecular formula is C25H28N2O8PSi. The van der Waals surface area contributed by atoms with E-state index < -0.39 is 29.0 Å². The van der Waals surface area contributed by atoms with Gasteiger partial charge in [-0.25, -0.2) is 9.55 Å². The van der Waals surface area contributed by atoms with E-state index >= 15 is 0 Å². The first-order valence-corrected chi connectivity index (χ1v) is 15.1. The molecule has 10 nitrogen and oxygen atoms in total. The average Bonchev–Trinajstić information content (AvgIpc) is 3.51. The molecular weight excluding hydrogens is 515 g/mol. The van der Waals surface area contributed by atoms with Gasteiger partial charge in [0.2, 0.25) is 0 Å². The SMILES string of the molecule is C[Si](O)c1nccn1[C@@H](C#Cc1ccc(-c2ccc(O[C@H]3COC[C@@H]3O)cc2)cc1)CCOP(=O)(O)O. The lowest BCUT2D eigenvalue weighted by Gasteiger charge is -2.16. The first-order chi connectivity index (χ1) is 17.7. The van der Waals surface area contributed by atoms with Crippen LogP contribution >= 0.6 is 7.82 Å². The van der Waals surface area contributed by atoms with Crippen LogP contribution in [0.2, 0.25) is 6.55 Å². The lowest BCUT2D eigenvalue weighted by atomic mass is 10.0. The molecule has 1 radical (unpaired) electrons. The smallest absolute Gasteiger partial charge is 0.469 e. The van der Waals surface area contributed by atoms with E-state index in [1.165, 1.54) is 0 Å². The third kappa shape index (κ3) is 7.61. The van der Waals surface area contributed by atoms with Gasteiger partial charge in [-0.05, 0) is 41.9 Å². The zero-order valence-electron chi connectivity index (χ0n) is 20.1. The first-order valence-electron chi connectivity index (χ1n) is 11.6. The van der Waals surface area contributed by atoms with Gasteiger partial charge in [-0.3, -0.25) is 4.52 Å². The summed E-state index contributed by atoms with van der Waals surface area (Å²) in [4.78, 5) is 32.3. The maximum absolute atomic E-state index is 11.1. The van der Waals surface area contributed by atoms with Gasteiger partial charge in [0.05, 0.1) is 25.9 Å². The molecule has 12 heteroatoms. The quantitative estimate of drug-likeness (QED) is 0.180. The van der Waals surface area contributed by atoms with Crippen molar-refractivity contribution < 1.29 is 38.3 Å². The van der Waals surface area contributed by atoms with Gasteiger partial charge in [0.1, 0.15) is 23.4 Å². The molecule has 2 aromatic carbocycles. The van der Waals surface area contributed by atoms with Crippen LogP contribution in [0.3, 0.4) is 0 Å². The molecule has 3 atom stereocenters. The van der Waals surface area contributed by atoms with Crippen molar-refractivity contribution in [2.45, 2.75) is 31.2 Å². The minimum absolute atomic E-state index is 0.202. The first kappa shape index (κ1) is 27.3. The summed E-state index contributed by atoms with van der Waals surface area (Å²) in [5, 5.41) is 9.84. The third-order valence-electron chi connectivity index (χ3n) is 5.72. The molecule has 0 aliphatic carbocycles. The molecule has 0 spiro atoms. The molecule has 195 valence electrons. The second-order valence-electron chi connectivity index (χ2n) is 8.50. The normalized spacial score (nSPS) is 18.4. The number of aliphatic hydroxyl groups excluding tert-OH is 1. The minimum atomic E-state index is -4.60. The van der Waals surface area contributed by atoms with Gasteiger partial charge < -0.3 is 33.7 Å². The molecule has 0 saturated carbocycles. The molecule has 37 heavy (non-hydrogen) atoms. The summed E-state index contributed by atoms with van der Waals surface area (Å²) in [6.07, 6.45) is 2.46. The Kier molecular flexibility index (Phi) is 8.97. The van der Waals surface area contributed by atoms with Crippen molar-refractivity contribution in [2.75, 3.05) is 19.8 Å². The van der Waals surface area contributed by atoms with Crippen molar-refractivity contribution in [1.82, 2.24) is 9.55 Å². The fourth-order valence-electron chi connectivity index (χ4n) is 3.86. The van der Waals surface area contributed by atoms with Crippen molar-refractivity contribution in [3.8, 4) is 28.7 Å². The summed E-state index contributed by atoms with van der Waals surface area (Å²) in [5.74, 6) is 6.89. The summed E-state index contributed by atoms with van der Waals surface area (Å²) >= 11 is 0. The van der Waals surface area contributed by atoms with Crippen LogP contribution in [0.5, 0.6) is 5.75 Å². The largest absolute Gasteiger partial charge is 0.485 e. The standard InChI is InChI=1S/C25H28N2O8PSi/c1-37(32)25-26-13-14-27(25)21(12-15-34-36(29,30)31)9-4-18-2-5-19(6-3-18)20-7-10-22(11-8-20)35-24-17-33-16-23(24)28/h2-3,5-8,10-11,13-14,21,23-24,28,32H,12,15-17H2,1H3,(H2,29,30,31)/t21-,23-,24-/m0/s1. The fourth-order valence-corrected chi connectivity index (χ4v) is 5.07. The molecule has 1 saturated heterocycles. The average molecular weight is 544 g/mol. The van der Waals surface area contributed by atoms with Crippen LogP contribution in [0, 0.1) is 11.8 Å². The predicted octanol–water partition coefficient (Wildman–Crippen LogP) is 1.60. The molecule has 1 aliphatic heterocycles. The number of rotatable bonds is 9. The Hall–Kier alpha value is -2.78. The van der Waals surface area contributed by atoms with Crippen LogP contribution < -0.4 is 10.2 Å². The number of hydrogen-bond acceptors (Lipinski definition) is 7. The number of ether oxygens (including phenoxy) is 2. The Balaban J connectivity index is 1.46. The minimum Gasteiger partial charge on any atom is -0.485 e. The Labute approximate surface area is 216 Å². The number of phosphoric acid groups is 1. The Morgan fingerprint density at radius 2 is 1.84 bits per heavy atom. The number of imidazole rings is 1. The molecule has 3 aromatic rings. The van der Waals surface area contributed by atoms with Gasteiger partial charge in [0.15, 0.2) is 0 Å². The molecule has 2 heterocycles. The number of benzene rings is 2. The molecule has 1 fully saturated rings. The number of phosphoric ester groups is 1. The lowest BCUT2D eigenvalue weighted by molar-refractivity contribution is 0.0733. The van der Waals surface area contributed by atoms with Crippen LogP contribution in [0.25, 0.3) is 11.1 Å². The van der Waals surface area contributed by atoms with E-state index in [2.05, 4.69) is 21.3 Å². The molecule has 0 amide bonds. The van der Waals surface area contributed by atoms with Crippen molar-refractivity contribution in [3.63, 3.8) is 0 Å². The molecule has 1 aliphatic rings. The molecule has 0 bridgehead atoms. The van der Waals surface area contributed by atoms with Crippen molar-refractivity contribution >= 4 is 22.3 Å². The van der Waals surface area contributed by atoms with E-state index in [0.717, 1.165) is 16.7 Å². The summed E-state index contributed by atoms with van der Waals surface area (Å²) < 4.78 is 28.4. The second-order valence-corrected chi connectivity index (χ2v) is 11.4. The lowest BCUT2D eigenvalue weighted by Crippen LogP contribution is -2.37. The number of hydrogen-bond donors (Lipinski definition) is 4. The molecule has 1 aromatic heterocycles. The van der Waals surface area contributed by atoms with E-state index in [0.29, 0.717) is 17.8 Å². The van der Waals surface area contributed by atoms with Crippen LogP contribution in [-0.4, -0.2) is 70.3 Å². The highest BCUT2D eigenvalue weighted by Gasteiger charge is 2.28. The number of nitrogens with zero attached hydrogens (tertiary/aromatic N) is 2. The molecule has 4 N–H and O–H groups in total. The van der Waals surface area contributed by atoms with Gasteiger partial charge in [0, 0.05) is 24.4 Å². The maximum atomic E-state index is 11.1. The van der Waals surface area contributed by atoms with Crippen LogP contribution in [0.1, 0.15) is 18.0 Å². The third-order valence-corrected chi connectivity index (χ3v) is 7.28. The van der Waals surface area contributed by atoms with Crippen LogP contribution in [0.4, 0.5) is 0 Å². The number of aliphatic hydroxyl groups is 1. The van der Waals surface area contributed by atoms with Crippen LogP contribution in [-0.2, 0) is 13.8 Å². The van der Waals surface area contributed by atoms with Crippen molar-refractivity contribution in [2.24, 2.45) is 0 Å². The van der Waals surface area contributed by atoms with E-state index in [1.54, 1.807) is 23.5 Å². The molecule has 4 rings (SSSR count). The molecule has 0 unspecified atom stereocenters. The zero-order valence-corrected chi connectivity index (χ0v) is 22.0. The van der Waals surface area contributed by atoms with Crippen LogP contribution in [0.15, 0.2) is 60.9 Å². The van der Waals surface area contributed by atoms with Gasteiger partial charge in [-0.15, -0.1) is 0 Å².